The van der Waals surface area contributed by atoms with Crippen molar-refractivity contribution in [2.24, 2.45) is 0 Å². The lowest BCUT2D eigenvalue weighted by atomic mass is 9.84. The number of amides is 4. The van der Waals surface area contributed by atoms with E-state index in [2.05, 4.69) is 5.32 Å². The third-order valence-electron chi connectivity index (χ3n) is 5.36. The second-order valence-corrected chi connectivity index (χ2v) is 7.19. The van der Waals surface area contributed by atoms with Crippen molar-refractivity contribution in [3.05, 3.63) is 35.4 Å². The van der Waals surface area contributed by atoms with Crippen LogP contribution in [0.15, 0.2) is 24.3 Å². The molecule has 6 heteroatoms. The van der Waals surface area contributed by atoms with Crippen LogP contribution >= 0.6 is 0 Å². The predicted molar refractivity (Wildman–Crippen MR) is 93.8 cm³/mol. The number of rotatable bonds is 3. The Morgan fingerprint density at radius 3 is 2.72 bits per heavy atom. The Morgan fingerprint density at radius 2 is 2.00 bits per heavy atom. The fraction of sp³-hybridized carbons (Fsp3) is 0.526. The van der Waals surface area contributed by atoms with Gasteiger partial charge in [0.1, 0.15) is 12.1 Å². The molecule has 2 aliphatic rings. The topological polar surface area (TPSA) is 69.7 Å². The Morgan fingerprint density at radius 1 is 1.28 bits per heavy atom. The number of imide groups is 1. The first-order chi connectivity index (χ1) is 11.9. The van der Waals surface area contributed by atoms with Gasteiger partial charge in [0.2, 0.25) is 5.91 Å². The van der Waals surface area contributed by atoms with Crippen LogP contribution in [0.4, 0.5) is 4.79 Å². The number of fused-ring (bicyclic) bond motifs is 2. The van der Waals surface area contributed by atoms with Crippen molar-refractivity contribution in [2.45, 2.75) is 51.1 Å². The summed E-state index contributed by atoms with van der Waals surface area (Å²) in [5, 5.41) is 2.91. The molecule has 4 amide bonds. The van der Waals surface area contributed by atoms with Gasteiger partial charge in [-0.15, -0.1) is 0 Å². The van der Waals surface area contributed by atoms with E-state index in [1.54, 1.807) is 11.9 Å². The fourth-order valence-corrected chi connectivity index (χ4v) is 3.65. The minimum absolute atomic E-state index is 0.0147. The molecule has 0 radical (unpaired) electrons. The number of carbonyl (C=O) groups is 3. The summed E-state index contributed by atoms with van der Waals surface area (Å²) < 4.78 is 0. The molecule has 1 fully saturated rings. The Balaban J connectivity index is 1.92. The summed E-state index contributed by atoms with van der Waals surface area (Å²) >= 11 is 0. The highest BCUT2D eigenvalue weighted by atomic mass is 16.2. The van der Waals surface area contributed by atoms with Gasteiger partial charge in [-0.3, -0.25) is 14.5 Å². The van der Waals surface area contributed by atoms with Crippen LogP contribution in [0.25, 0.3) is 0 Å². The highest BCUT2D eigenvalue weighted by Gasteiger charge is 2.53. The molecule has 1 aromatic carbocycles. The Bertz CT molecular complexity index is 716. The van der Waals surface area contributed by atoms with E-state index >= 15 is 0 Å². The number of benzene rings is 1. The highest BCUT2D eigenvalue weighted by molar-refractivity contribution is 6.09. The molecule has 134 valence electrons. The van der Waals surface area contributed by atoms with E-state index < -0.39 is 11.6 Å². The third kappa shape index (κ3) is 2.90. The molecule has 1 aliphatic heterocycles. The minimum atomic E-state index is -1.03. The molecule has 6 nitrogen and oxygen atoms in total. The second-order valence-electron chi connectivity index (χ2n) is 7.19. The molecular formula is C19H25N3O3. The first-order valence-electron chi connectivity index (χ1n) is 8.85. The van der Waals surface area contributed by atoms with Gasteiger partial charge in [0, 0.05) is 13.1 Å². The largest absolute Gasteiger partial charge is 0.342 e. The summed E-state index contributed by atoms with van der Waals surface area (Å²) in [7, 11) is 1.68. The Labute approximate surface area is 148 Å². The van der Waals surface area contributed by atoms with Gasteiger partial charge < -0.3 is 10.2 Å². The van der Waals surface area contributed by atoms with E-state index in [9.17, 15) is 14.4 Å². The van der Waals surface area contributed by atoms with Crippen LogP contribution < -0.4 is 5.32 Å². The number of aryl methyl sites for hydroxylation is 1. The van der Waals surface area contributed by atoms with Gasteiger partial charge in [-0.1, -0.05) is 24.3 Å². The summed E-state index contributed by atoms with van der Waals surface area (Å²) in [4.78, 5) is 40.7. The molecule has 1 N–H and O–H groups in total. The average Bonchev–Trinajstić information content (AvgIpc) is 2.74. The lowest BCUT2D eigenvalue weighted by molar-refractivity contribution is -0.139. The van der Waals surface area contributed by atoms with Crippen molar-refractivity contribution >= 4 is 17.8 Å². The molecular weight excluding hydrogens is 318 g/mol. The van der Waals surface area contributed by atoms with Gasteiger partial charge in [-0.05, 0) is 50.7 Å². The molecule has 1 heterocycles. The summed E-state index contributed by atoms with van der Waals surface area (Å²) in [6.45, 7) is 3.57. The lowest BCUT2D eigenvalue weighted by Crippen LogP contribution is -2.46. The van der Waals surface area contributed by atoms with E-state index in [0.29, 0.717) is 6.42 Å². The van der Waals surface area contributed by atoms with Gasteiger partial charge in [-0.2, -0.15) is 0 Å². The summed E-state index contributed by atoms with van der Waals surface area (Å²) in [6, 6.07) is 7.32. The van der Waals surface area contributed by atoms with Gasteiger partial charge in [0.15, 0.2) is 0 Å². The molecule has 1 atom stereocenters. The molecule has 25 heavy (non-hydrogen) atoms. The Kier molecular flexibility index (Phi) is 4.54. The molecule has 0 bridgehead atoms. The number of hydrogen-bond acceptors (Lipinski definition) is 3. The van der Waals surface area contributed by atoms with Gasteiger partial charge >= 0.3 is 6.03 Å². The standard InChI is InChI=1S/C19H25N3O3/c1-13(2)21(3)16(23)12-22-17(24)19(20-18(22)25)11-7-6-9-14-8-4-5-10-15(14)19/h4-5,8,10,13H,6-7,9,11-12H2,1-3H3,(H,20,25). The maximum atomic E-state index is 13.2. The fourth-order valence-electron chi connectivity index (χ4n) is 3.65. The van der Waals surface area contributed by atoms with Crippen LogP contribution in [0.1, 0.15) is 44.2 Å². The van der Waals surface area contributed by atoms with Crippen molar-refractivity contribution in [1.82, 2.24) is 15.1 Å². The molecule has 1 spiro atoms. The molecule has 3 rings (SSSR count). The van der Waals surface area contributed by atoms with Crippen LogP contribution in [0.2, 0.25) is 0 Å². The van der Waals surface area contributed by atoms with Crippen LogP contribution in [-0.4, -0.2) is 47.3 Å². The molecule has 0 saturated carbocycles. The maximum absolute atomic E-state index is 13.2. The van der Waals surface area contributed by atoms with Crippen LogP contribution in [0, 0.1) is 0 Å². The van der Waals surface area contributed by atoms with E-state index in [4.69, 9.17) is 0 Å². The summed E-state index contributed by atoms with van der Waals surface area (Å²) in [5.41, 5.74) is 0.944. The van der Waals surface area contributed by atoms with Crippen molar-refractivity contribution in [3.8, 4) is 0 Å². The minimum Gasteiger partial charge on any atom is -0.342 e. The maximum Gasteiger partial charge on any atom is 0.325 e. The van der Waals surface area contributed by atoms with Crippen LogP contribution in [0.3, 0.4) is 0 Å². The number of likely N-dealkylation sites (N-methyl/N-ethyl adjacent to an activating group) is 1. The zero-order chi connectivity index (χ0) is 18.2. The van der Waals surface area contributed by atoms with Gasteiger partial charge in [-0.25, -0.2) is 4.79 Å². The smallest absolute Gasteiger partial charge is 0.325 e. The van der Waals surface area contributed by atoms with Crippen molar-refractivity contribution in [1.29, 1.82) is 0 Å². The average molecular weight is 343 g/mol. The summed E-state index contributed by atoms with van der Waals surface area (Å²) in [6.07, 6.45) is 3.31. The molecule has 1 aromatic rings. The van der Waals surface area contributed by atoms with Crippen molar-refractivity contribution in [3.63, 3.8) is 0 Å². The molecule has 1 aliphatic carbocycles. The zero-order valence-corrected chi connectivity index (χ0v) is 15.0. The quantitative estimate of drug-likeness (QED) is 0.854. The molecule has 0 aromatic heterocycles. The first-order valence-corrected chi connectivity index (χ1v) is 8.85. The number of urea groups is 1. The van der Waals surface area contributed by atoms with E-state index in [1.165, 1.54) is 0 Å². The van der Waals surface area contributed by atoms with E-state index in [0.717, 1.165) is 35.3 Å². The van der Waals surface area contributed by atoms with Crippen LogP contribution in [0.5, 0.6) is 0 Å². The SMILES string of the molecule is CC(C)N(C)C(=O)CN1C(=O)NC2(CCCCc3ccccc32)C1=O. The second kappa shape index (κ2) is 6.50. The Hall–Kier alpha value is -2.37. The van der Waals surface area contributed by atoms with Crippen molar-refractivity contribution < 1.29 is 14.4 Å². The van der Waals surface area contributed by atoms with E-state index in [1.807, 2.05) is 38.1 Å². The van der Waals surface area contributed by atoms with E-state index in [-0.39, 0.29) is 24.4 Å². The molecule has 1 unspecified atom stereocenters. The number of nitrogens with one attached hydrogen (secondary N) is 1. The van der Waals surface area contributed by atoms with Gasteiger partial charge in [0.25, 0.3) is 5.91 Å². The first kappa shape index (κ1) is 17.5. The van der Waals surface area contributed by atoms with Gasteiger partial charge in [0.05, 0.1) is 0 Å². The normalized spacial score (nSPS) is 22.8. The zero-order valence-electron chi connectivity index (χ0n) is 15.0. The van der Waals surface area contributed by atoms with Crippen molar-refractivity contribution in [2.75, 3.05) is 13.6 Å². The molecule has 1 saturated heterocycles. The number of hydrogen-bond donors (Lipinski definition) is 1. The monoisotopic (exact) mass is 343 g/mol. The number of nitrogens with zero attached hydrogens (tertiary/aromatic N) is 2. The third-order valence-corrected chi connectivity index (χ3v) is 5.36. The predicted octanol–water partition coefficient (Wildman–Crippen LogP) is 2.03. The lowest BCUT2D eigenvalue weighted by Gasteiger charge is -2.28. The number of carbonyl (C=O) groups excluding carboxylic acids is 3. The highest BCUT2D eigenvalue weighted by Crippen LogP contribution is 2.38. The summed E-state index contributed by atoms with van der Waals surface area (Å²) in [5.74, 6) is -0.546. The van der Waals surface area contributed by atoms with Crippen LogP contribution in [-0.2, 0) is 21.5 Å².